The Kier molecular flexibility index (Phi) is 14.7. The molecule has 0 bridgehead atoms. The standard InChI is InChI=1S/2C17H11BrCl2FN3O3S/c18-14-8-22-16(17(23-14)27-9-10-3-1-4-11(21)7-10)24-28(25,26)13-6-2-5-12(19)15(13)20;18-14-8-22-16(17(23-14)27-9-10-4-6-11(21)7-5-10)24-28(25,26)13-3-1-2-12(19)15(13)20/h2*1-8H,9H2,(H,22,24). The summed E-state index contributed by atoms with van der Waals surface area (Å²) in [5, 5.41) is -0.0484. The maximum Gasteiger partial charge on any atom is 0.264 e. The Morgan fingerprint density at radius 1 is 0.589 bits per heavy atom. The summed E-state index contributed by atoms with van der Waals surface area (Å²) in [6, 6.07) is 19.9. The Balaban J connectivity index is 0.000000214. The summed E-state index contributed by atoms with van der Waals surface area (Å²) < 4.78 is 93.4. The number of ether oxygens (including phenoxy) is 2. The number of hydrogen-bond acceptors (Lipinski definition) is 10. The summed E-state index contributed by atoms with van der Waals surface area (Å²) in [6.45, 7) is -0.0202. The molecule has 6 rings (SSSR count). The minimum atomic E-state index is -4.12. The van der Waals surface area contributed by atoms with Crippen molar-refractivity contribution >= 4 is 110 Å². The molecule has 0 saturated heterocycles. The maximum absolute atomic E-state index is 13.3. The van der Waals surface area contributed by atoms with Crippen LogP contribution in [0.15, 0.2) is 116 Å². The highest BCUT2D eigenvalue weighted by Crippen LogP contribution is 2.33. The van der Waals surface area contributed by atoms with Crippen LogP contribution in [0.25, 0.3) is 0 Å². The van der Waals surface area contributed by atoms with E-state index in [2.05, 4.69) is 61.2 Å². The lowest BCUT2D eigenvalue weighted by atomic mass is 10.2. The molecular weight excluding hydrogens is 992 g/mol. The van der Waals surface area contributed by atoms with Gasteiger partial charge in [-0.2, -0.15) is 0 Å². The van der Waals surface area contributed by atoms with Crippen LogP contribution in [0.4, 0.5) is 20.4 Å². The number of rotatable bonds is 12. The van der Waals surface area contributed by atoms with E-state index < -0.39 is 25.9 Å². The van der Waals surface area contributed by atoms with Crippen LogP contribution in [-0.2, 0) is 33.3 Å². The van der Waals surface area contributed by atoms with Gasteiger partial charge in [-0.3, -0.25) is 9.44 Å². The van der Waals surface area contributed by atoms with Crippen molar-refractivity contribution in [2.24, 2.45) is 0 Å². The highest BCUT2D eigenvalue weighted by Gasteiger charge is 2.24. The van der Waals surface area contributed by atoms with Gasteiger partial charge in [-0.1, -0.05) is 82.8 Å². The van der Waals surface area contributed by atoms with Crippen LogP contribution in [0.2, 0.25) is 20.1 Å². The molecule has 0 radical (unpaired) electrons. The van der Waals surface area contributed by atoms with E-state index in [4.69, 9.17) is 55.9 Å². The van der Waals surface area contributed by atoms with Gasteiger partial charge in [-0.25, -0.2) is 45.6 Å². The molecule has 292 valence electrons. The smallest absolute Gasteiger partial charge is 0.264 e. The van der Waals surface area contributed by atoms with E-state index in [0.29, 0.717) is 20.3 Å². The third kappa shape index (κ3) is 11.6. The number of nitrogens with zero attached hydrogens (tertiary/aromatic N) is 4. The van der Waals surface area contributed by atoms with E-state index in [1.54, 1.807) is 6.07 Å². The third-order valence-electron chi connectivity index (χ3n) is 6.85. The summed E-state index contributed by atoms with van der Waals surface area (Å²) >= 11 is 30.1. The fourth-order valence-corrected chi connectivity index (χ4v) is 8.37. The van der Waals surface area contributed by atoms with E-state index in [0.717, 1.165) is 0 Å². The fraction of sp³-hybridized carbons (Fsp3) is 0.0588. The van der Waals surface area contributed by atoms with Crippen LogP contribution in [-0.4, -0.2) is 36.8 Å². The number of halogens is 8. The van der Waals surface area contributed by atoms with Gasteiger partial charge in [0.2, 0.25) is 11.6 Å². The molecule has 0 saturated carbocycles. The first-order valence-corrected chi connectivity index (χ1v) is 21.3. The topological polar surface area (TPSA) is 162 Å². The normalized spacial score (nSPS) is 11.3. The Morgan fingerprint density at radius 2 is 1.04 bits per heavy atom. The predicted octanol–water partition coefficient (Wildman–Crippen LogP) is 10.1. The molecule has 2 heterocycles. The van der Waals surface area contributed by atoms with Crippen LogP contribution in [0.1, 0.15) is 11.1 Å². The van der Waals surface area contributed by atoms with Crippen LogP contribution in [0, 0.1) is 11.6 Å². The van der Waals surface area contributed by atoms with Gasteiger partial charge >= 0.3 is 0 Å². The lowest BCUT2D eigenvalue weighted by Gasteiger charge is -2.13. The SMILES string of the molecule is O=S(=O)(Nc1ncc(Br)nc1OCc1ccc(F)cc1)c1cccc(Cl)c1Cl.O=S(=O)(Nc1ncc(Br)nc1OCc1cccc(F)c1)c1cccc(Cl)c1Cl. The number of hydrogen-bond donors (Lipinski definition) is 2. The molecule has 0 spiro atoms. The first-order valence-electron chi connectivity index (χ1n) is 15.3. The Hall–Kier alpha value is -3.88. The van der Waals surface area contributed by atoms with Crippen LogP contribution in [0.3, 0.4) is 0 Å². The van der Waals surface area contributed by atoms with Crippen molar-refractivity contribution in [3.8, 4) is 11.8 Å². The van der Waals surface area contributed by atoms with Crippen molar-refractivity contribution < 1.29 is 35.1 Å². The van der Waals surface area contributed by atoms with Gasteiger partial charge in [-0.05, 0) is 91.5 Å². The second-order valence-corrected chi connectivity index (χ2v) is 17.3. The zero-order valence-corrected chi connectivity index (χ0v) is 35.6. The maximum atomic E-state index is 13.3. The van der Waals surface area contributed by atoms with Crippen LogP contribution < -0.4 is 18.9 Å². The van der Waals surface area contributed by atoms with Crippen molar-refractivity contribution in [1.82, 2.24) is 19.9 Å². The molecule has 56 heavy (non-hydrogen) atoms. The molecule has 6 aromatic rings. The largest absolute Gasteiger partial charge is 0.470 e. The Bertz CT molecular complexity index is 2600. The second-order valence-electron chi connectivity index (χ2n) is 10.8. The van der Waals surface area contributed by atoms with E-state index in [-0.39, 0.29) is 72.3 Å². The molecule has 0 fully saturated rings. The number of anilines is 2. The number of nitrogens with one attached hydrogen (secondary N) is 2. The lowest BCUT2D eigenvalue weighted by Crippen LogP contribution is -2.16. The fourth-order valence-electron chi connectivity index (χ4n) is 4.30. The first-order chi connectivity index (χ1) is 26.5. The zero-order valence-electron chi connectivity index (χ0n) is 27.7. The van der Waals surface area contributed by atoms with Gasteiger partial charge in [0.05, 0.1) is 32.5 Å². The molecule has 2 N–H and O–H groups in total. The molecule has 12 nitrogen and oxygen atoms in total. The van der Waals surface area contributed by atoms with Gasteiger partial charge in [0, 0.05) is 0 Å². The molecule has 22 heteroatoms. The van der Waals surface area contributed by atoms with E-state index in [9.17, 15) is 25.6 Å². The average Bonchev–Trinajstić information content (AvgIpc) is 3.14. The number of aromatic nitrogens is 4. The second kappa shape index (κ2) is 19.0. The molecular formula is C34H22Br2Cl4F2N6O6S2. The first kappa shape index (κ1) is 43.2. The molecule has 2 aromatic heterocycles. The number of sulfonamides is 2. The third-order valence-corrected chi connectivity index (χ3v) is 12.2. The van der Waals surface area contributed by atoms with Crippen molar-refractivity contribution in [1.29, 1.82) is 0 Å². The van der Waals surface area contributed by atoms with Crippen molar-refractivity contribution in [2.45, 2.75) is 23.0 Å². The highest BCUT2D eigenvalue weighted by atomic mass is 79.9. The lowest BCUT2D eigenvalue weighted by molar-refractivity contribution is 0.293. The van der Waals surface area contributed by atoms with Gasteiger partial charge in [-0.15, -0.1) is 0 Å². The molecule has 0 amide bonds. The van der Waals surface area contributed by atoms with E-state index in [1.807, 2.05) is 0 Å². The van der Waals surface area contributed by atoms with Crippen molar-refractivity contribution in [3.05, 3.63) is 149 Å². The summed E-state index contributed by atoms with van der Waals surface area (Å²) in [5.74, 6) is -1.26. The Labute approximate surface area is 355 Å². The molecule has 0 atom stereocenters. The van der Waals surface area contributed by atoms with Crippen molar-refractivity contribution in [3.63, 3.8) is 0 Å². The molecule has 0 aliphatic rings. The van der Waals surface area contributed by atoms with Gasteiger partial charge in [0.15, 0.2) is 0 Å². The highest BCUT2D eigenvalue weighted by molar-refractivity contribution is 9.10. The molecule has 4 aromatic carbocycles. The molecule has 0 aliphatic heterocycles. The minimum Gasteiger partial charge on any atom is -0.470 e. The van der Waals surface area contributed by atoms with Gasteiger partial charge in [0.1, 0.15) is 43.8 Å². The summed E-state index contributed by atoms with van der Waals surface area (Å²) in [6.07, 6.45) is 2.61. The van der Waals surface area contributed by atoms with Crippen molar-refractivity contribution in [2.75, 3.05) is 9.44 Å². The minimum absolute atomic E-state index is 0.0259. The van der Waals surface area contributed by atoms with Crippen LogP contribution >= 0.6 is 78.3 Å². The van der Waals surface area contributed by atoms with E-state index >= 15 is 0 Å². The van der Waals surface area contributed by atoms with Gasteiger partial charge < -0.3 is 9.47 Å². The Morgan fingerprint density at radius 3 is 1.50 bits per heavy atom. The van der Waals surface area contributed by atoms with Crippen LogP contribution in [0.5, 0.6) is 11.8 Å². The summed E-state index contributed by atoms with van der Waals surface area (Å²) in [7, 11) is -8.22. The molecule has 0 aliphatic carbocycles. The predicted molar refractivity (Wildman–Crippen MR) is 215 cm³/mol. The zero-order chi connectivity index (χ0) is 40.6. The molecule has 0 unspecified atom stereocenters. The number of benzene rings is 4. The average molecular weight is 1010 g/mol. The quantitative estimate of drug-likeness (QED) is 0.121. The summed E-state index contributed by atoms with van der Waals surface area (Å²) in [4.78, 5) is 15.7. The summed E-state index contributed by atoms with van der Waals surface area (Å²) in [5.41, 5.74) is 1.20. The monoisotopic (exact) mass is 1010 g/mol. The van der Waals surface area contributed by atoms with Gasteiger partial charge in [0.25, 0.3) is 31.8 Å². The van der Waals surface area contributed by atoms with E-state index in [1.165, 1.54) is 91.3 Å².